The zero-order chi connectivity index (χ0) is 15.2. The molecule has 5 nitrogen and oxygen atoms in total. The number of aliphatic carboxylic acids is 1. The van der Waals surface area contributed by atoms with Gasteiger partial charge in [-0.2, -0.15) is 0 Å². The van der Waals surface area contributed by atoms with E-state index in [2.05, 4.69) is 26.6 Å². The van der Waals surface area contributed by atoms with Gasteiger partial charge in [-0.25, -0.2) is 9.59 Å². The molecule has 0 aromatic heterocycles. The number of nitrogens with one attached hydrogen (secondary N) is 2. The molecule has 0 bridgehead atoms. The summed E-state index contributed by atoms with van der Waals surface area (Å²) in [6.07, 6.45) is 4.91. The van der Waals surface area contributed by atoms with Crippen LogP contribution in [0.3, 0.4) is 0 Å². The van der Waals surface area contributed by atoms with Crippen molar-refractivity contribution in [3.63, 3.8) is 0 Å². The minimum atomic E-state index is -0.968. The first-order valence-corrected chi connectivity index (χ1v) is 7.92. The maximum Gasteiger partial charge on any atom is 0.326 e. The zero-order valence-corrected chi connectivity index (χ0v) is 13.2. The van der Waals surface area contributed by atoms with Gasteiger partial charge in [0.2, 0.25) is 0 Å². The molecule has 1 aliphatic rings. The lowest BCUT2D eigenvalue weighted by Crippen LogP contribution is -2.48. The third-order valence-corrected chi connectivity index (χ3v) is 4.49. The Hall–Kier alpha value is -1.56. The SMILES string of the molecule is O=C(Nc1ccccc1Br)NC(C(=O)O)C1CCCCC1. The Kier molecular flexibility index (Phi) is 5.61. The number of rotatable bonds is 4. The van der Waals surface area contributed by atoms with Crippen LogP contribution in [0.5, 0.6) is 0 Å². The largest absolute Gasteiger partial charge is 0.480 e. The highest BCUT2D eigenvalue weighted by atomic mass is 79.9. The Bertz CT molecular complexity index is 515. The molecule has 0 heterocycles. The molecule has 114 valence electrons. The van der Waals surface area contributed by atoms with Gasteiger partial charge in [-0.05, 0) is 46.8 Å². The number of carboxylic acid groups (broad SMARTS) is 1. The summed E-state index contributed by atoms with van der Waals surface area (Å²) < 4.78 is 0.754. The summed E-state index contributed by atoms with van der Waals surface area (Å²) in [5.74, 6) is -0.953. The Balaban J connectivity index is 1.98. The van der Waals surface area contributed by atoms with Crippen molar-refractivity contribution in [2.45, 2.75) is 38.1 Å². The highest BCUT2D eigenvalue weighted by Gasteiger charge is 2.30. The van der Waals surface area contributed by atoms with E-state index in [1.54, 1.807) is 12.1 Å². The average molecular weight is 355 g/mol. The van der Waals surface area contributed by atoms with Crippen molar-refractivity contribution >= 4 is 33.6 Å². The molecule has 3 N–H and O–H groups in total. The molecular formula is C15H19BrN2O3. The van der Waals surface area contributed by atoms with Crippen LogP contribution in [-0.4, -0.2) is 23.1 Å². The number of hydrogen-bond acceptors (Lipinski definition) is 2. The molecule has 0 radical (unpaired) electrons. The van der Waals surface area contributed by atoms with Crippen molar-refractivity contribution in [1.29, 1.82) is 0 Å². The first kappa shape index (κ1) is 15.8. The van der Waals surface area contributed by atoms with Gasteiger partial charge in [0.05, 0.1) is 5.69 Å². The Morgan fingerprint density at radius 1 is 1.19 bits per heavy atom. The molecule has 0 spiro atoms. The van der Waals surface area contributed by atoms with Crippen LogP contribution < -0.4 is 10.6 Å². The van der Waals surface area contributed by atoms with Crippen LogP contribution >= 0.6 is 15.9 Å². The van der Waals surface area contributed by atoms with E-state index in [0.29, 0.717) is 5.69 Å². The molecule has 0 saturated heterocycles. The van der Waals surface area contributed by atoms with E-state index >= 15 is 0 Å². The van der Waals surface area contributed by atoms with Crippen LogP contribution in [0.2, 0.25) is 0 Å². The second-order valence-corrected chi connectivity index (χ2v) is 6.15. The maximum atomic E-state index is 12.0. The normalized spacial score (nSPS) is 17.0. The van der Waals surface area contributed by atoms with Crippen LogP contribution in [0, 0.1) is 5.92 Å². The lowest BCUT2D eigenvalue weighted by molar-refractivity contribution is -0.141. The number of carbonyl (C=O) groups excluding carboxylic acids is 1. The number of carboxylic acids is 1. The van der Waals surface area contributed by atoms with Crippen LogP contribution in [0.1, 0.15) is 32.1 Å². The van der Waals surface area contributed by atoms with Crippen LogP contribution in [-0.2, 0) is 4.79 Å². The van der Waals surface area contributed by atoms with Crippen LogP contribution in [0.15, 0.2) is 28.7 Å². The number of hydrogen-bond donors (Lipinski definition) is 3. The lowest BCUT2D eigenvalue weighted by Gasteiger charge is -2.28. The smallest absolute Gasteiger partial charge is 0.326 e. The van der Waals surface area contributed by atoms with Crippen molar-refractivity contribution in [1.82, 2.24) is 5.32 Å². The standard InChI is InChI=1S/C15H19BrN2O3/c16-11-8-4-5-9-12(11)17-15(21)18-13(14(19)20)10-6-2-1-3-7-10/h4-5,8-10,13H,1-3,6-7H2,(H,19,20)(H2,17,18,21). The fourth-order valence-corrected chi connectivity index (χ4v) is 3.09. The zero-order valence-electron chi connectivity index (χ0n) is 11.6. The Labute approximate surface area is 132 Å². The minimum absolute atomic E-state index is 0.0150. The summed E-state index contributed by atoms with van der Waals surface area (Å²) >= 11 is 3.34. The second-order valence-electron chi connectivity index (χ2n) is 5.29. The van der Waals surface area contributed by atoms with E-state index in [9.17, 15) is 14.7 Å². The maximum absolute atomic E-state index is 12.0. The van der Waals surface area contributed by atoms with Gasteiger partial charge in [-0.3, -0.25) is 0 Å². The van der Waals surface area contributed by atoms with Gasteiger partial charge in [0.1, 0.15) is 6.04 Å². The summed E-state index contributed by atoms with van der Waals surface area (Å²) in [7, 11) is 0. The summed E-state index contributed by atoms with van der Waals surface area (Å²) in [6.45, 7) is 0. The number of para-hydroxylation sites is 1. The fraction of sp³-hybridized carbons (Fsp3) is 0.467. The van der Waals surface area contributed by atoms with E-state index in [1.807, 2.05) is 12.1 Å². The van der Waals surface area contributed by atoms with E-state index in [0.717, 1.165) is 36.6 Å². The van der Waals surface area contributed by atoms with Crippen LogP contribution in [0.25, 0.3) is 0 Å². The molecular weight excluding hydrogens is 336 g/mol. The van der Waals surface area contributed by atoms with Crippen molar-refractivity contribution in [3.05, 3.63) is 28.7 Å². The van der Waals surface area contributed by atoms with Gasteiger partial charge >= 0.3 is 12.0 Å². The Morgan fingerprint density at radius 3 is 2.48 bits per heavy atom. The first-order chi connectivity index (χ1) is 10.1. The molecule has 1 saturated carbocycles. The highest BCUT2D eigenvalue weighted by Crippen LogP contribution is 2.27. The molecule has 6 heteroatoms. The van der Waals surface area contributed by atoms with E-state index in [4.69, 9.17) is 0 Å². The van der Waals surface area contributed by atoms with Crippen molar-refractivity contribution in [2.75, 3.05) is 5.32 Å². The van der Waals surface area contributed by atoms with Gasteiger partial charge in [0.15, 0.2) is 0 Å². The summed E-state index contributed by atoms with van der Waals surface area (Å²) in [4.78, 5) is 23.4. The van der Waals surface area contributed by atoms with Gasteiger partial charge in [0.25, 0.3) is 0 Å². The molecule has 1 aliphatic carbocycles. The molecule has 1 atom stereocenters. The minimum Gasteiger partial charge on any atom is -0.480 e. The number of amides is 2. The molecule has 1 aromatic carbocycles. The predicted octanol–water partition coefficient (Wildman–Crippen LogP) is 3.60. The third-order valence-electron chi connectivity index (χ3n) is 3.80. The molecule has 1 unspecified atom stereocenters. The molecule has 1 aromatic rings. The van der Waals surface area contributed by atoms with Gasteiger partial charge in [0, 0.05) is 4.47 Å². The molecule has 21 heavy (non-hydrogen) atoms. The van der Waals surface area contributed by atoms with E-state index in [-0.39, 0.29) is 5.92 Å². The second kappa shape index (κ2) is 7.45. The molecule has 2 amide bonds. The average Bonchev–Trinajstić information content (AvgIpc) is 2.48. The fourth-order valence-electron chi connectivity index (χ4n) is 2.71. The first-order valence-electron chi connectivity index (χ1n) is 7.13. The summed E-state index contributed by atoms with van der Waals surface area (Å²) in [6, 6.07) is 5.89. The predicted molar refractivity (Wildman–Crippen MR) is 84.3 cm³/mol. The molecule has 0 aliphatic heterocycles. The van der Waals surface area contributed by atoms with E-state index < -0.39 is 18.0 Å². The van der Waals surface area contributed by atoms with Crippen molar-refractivity contribution in [2.24, 2.45) is 5.92 Å². The summed E-state index contributed by atoms with van der Waals surface area (Å²) in [5, 5.41) is 14.6. The molecule has 2 rings (SSSR count). The van der Waals surface area contributed by atoms with Gasteiger partial charge < -0.3 is 15.7 Å². The lowest BCUT2D eigenvalue weighted by atomic mass is 9.84. The number of benzene rings is 1. The highest BCUT2D eigenvalue weighted by molar-refractivity contribution is 9.10. The number of anilines is 1. The van der Waals surface area contributed by atoms with Gasteiger partial charge in [-0.1, -0.05) is 31.4 Å². The number of halogens is 1. The van der Waals surface area contributed by atoms with Crippen molar-refractivity contribution < 1.29 is 14.7 Å². The van der Waals surface area contributed by atoms with E-state index in [1.165, 1.54) is 0 Å². The topological polar surface area (TPSA) is 78.4 Å². The number of carbonyl (C=O) groups is 2. The van der Waals surface area contributed by atoms with Gasteiger partial charge in [-0.15, -0.1) is 0 Å². The molecule has 1 fully saturated rings. The summed E-state index contributed by atoms with van der Waals surface area (Å²) in [5.41, 5.74) is 0.614. The Morgan fingerprint density at radius 2 is 1.86 bits per heavy atom. The van der Waals surface area contributed by atoms with Crippen molar-refractivity contribution in [3.8, 4) is 0 Å². The third kappa shape index (κ3) is 4.46. The quantitative estimate of drug-likeness (QED) is 0.772. The monoisotopic (exact) mass is 354 g/mol. The van der Waals surface area contributed by atoms with Crippen LogP contribution in [0.4, 0.5) is 10.5 Å². The number of urea groups is 1.